The van der Waals surface area contributed by atoms with Crippen LogP contribution in [-0.2, 0) is 28.5 Å². The molecule has 0 saturated heterocycles. The number of unbranched alkanes of at least 4 members (excludes halogenated alkanes) is 17. The van der Waals surface area contributed by atoms with Gasteiger partial charge in [0, 0.05) is 39.0 Å². The van der Waals surface area contributed by atoms with Gasteiger partial charge in [-0.05, 0) is 64.0 Å². The van der Waals surface area contributed by atoms with Gasteiger partial charge in [-0.1, -0.05) is 170 Å². The van der Waals surface area contributed by atoms with E-state index in [0.29, 0.717) is 45.1 Å². The zero-order valence-corrected chi connectivity index (χ0v) is 39.3. The fraction of sp³-hybridized carbons (Fsp3) is 0.939. The minimum Gasteiger partial charge on any atom is -0.466 e. The molecule has 1 atom stereocenters. The quantitative estimate of drug-likeness (QED) is 0.0338. The van der Waals surface area contributed by atoms with E-state index in [4.69, 9.17) is 18.9 Å². The molecule has 0 aliphatic carbocycles. The first-order valence-electron chi connectivity index (χ1n) is 24.9. The van der Waals surface area contributed by atoms with Crippen LogP contribution in [0, 0.1) is 5.92 Å². The summed E-state index contributed by atoms with van der Waals surface area (Å²) < 4.78 is 22.7. The summed E-state index contributed by atoms with van der Waals surface area (Å²) in [6, 6.07) is 0. The Kier molecular flexibility index (Phi) is 41.8. The summed E-state index contributed by atoms with van der Waals surface area (Å²) in [5.74, 6) is 0.532. The largest absolute Gasteiger partial charge is 0.508 e. The fourth-order valence-electron chi connectivity index (χ4n) is 7.62. The van der Waals surface area contributed by atoms with Crippen molar-refractivity contribution in [3.63, 3.8) is 0 Å². The van der Waals surface area contributed by atoms with Gasteiger partial charge in [-0.2, -0.15) is 0 Å². The Morgan fingerprint density at radius 3 is 1.31 bits per heavy atom. The van der Waals surface area contributed by atoms with E-state index in [9.17, 15) is 14.4 Å². The first-order valence-corrected chi connectivity index (χ1v) is 24.9. The number of likely N-dealkylation sites (N-methyl/N-ethyl adjacent to an activating group) is 1. The fourth-order valence-corrected chi connectivity index (χ4v) is 7.62. The molecule has 0 aromatic rings. The van der Waals surface area contributed by atoms with Crippen LogP contribution in [0.2, 0.25) is 0 Å². The molecule has 0 saturated carbocycles. The number of esters is 2. The molecule has 0 radical (unpaired) electrons. The molecular weight excluding hydrogens is 729 g/mol. The first kappa shape index (κ1) is 56.1. The molecule has 0 aromatic heterocycles. The lowest BCUT2D eigenvalue weighted by Gasteiger charge is -2.26. The van der Waals surface area contributed by atoms with Crippen LogP contribution in [0.1, 0.15) is 228 Å². The van der Waals surface area contributed by atoms with Crippen LogP contribution < -0.4 is 0 Å². The summed E-state index contributed by atoms with van der Waals surface area (Å²) in [5.41, 5.74) is 0. The number of rotatable bonds is 44. The second-order valence-corrected chi connectivity index (χ2v) is 16.8. The summed E-state index contributed by atoms with van der Waals surface area (Å²) >= 11 is 0. The Bertz CT molecular complexity index is 905. The van der Waals surface area contributed by atoms with Crippen LogP contribution in [0.25, 0.3) is 0 Å². The average molecular weight is 825 g/mol. The minimum absolute atomic E-state index is 0.0391. The predicted molar refractivity (Wildman–Crippen MR) is 242 cm³/mol. The van der Waals surface area contributed by atoms with Crippen molar-refractivity contribution in [3.05, 3.63) is 0 Å². The van der Waals surface area contributed by atoms with Crippen LogP contribution in [0.4, 0.5) is 4.79 Å². The van der Waals surface area contributed by atoms with Crippen molar-refractivity contribution < 1.29 is 33.3 Å². The molecule has 0 amide bonds. The van der Waals surface area contributed by atoms with Gasteiger partial charge in [-0.15, -0.1) is 0 Å². The minimum atomic E-state index is -0.579. The van der Waals surface area contributed by atoms with E-state index in [1.807, 2.05) is 0 Å². The van der Waals surface area contributed by atoms with Crippen molar-refractivity contribution in [3.8, 4) is 0 Å². The molecule has 1 unspecified atom stereocenters. The maximum atomic E-state index is 12.9. The second kappa shape index (κ2) is 43.2. The standard InChI is InChI=1S/C49H96N2O7/c1-7-13-17-19-23-29-36-48(53)56-43-40-51(39-38-50(11-5)12-6)41-44-57-49(54)58-46(33-27-18-14-8-2)34-28-22-20-21-24-30-35-47(52)55-42-37-45(31-25-15-9-3)32-26-16-10-4/h45-46H,7-44H2,1-6H3. The maximum absolute atomic E-state index is 12.9. The first-order chi connectivity index (χ1) is 28.3. The highest BCUT2D eigenvalue weighted by Gasteiger charge is 2.17. The Labute approximate surface area is 359 Å². The Morgan fingerprint density at radius 1 is 0.397 bits per heavy atom. The van der Waals surface area contributed by atoms with Gasteiger partial charge in [0.1, 0.15) is 19.3 Å². The number of carbonyl (C=O) groups is 3. The molecule has 58 heavy (non-hydrogen) atoms. The number of carbonyl (C=O) groups excluding carboxylic acids is 3. The van der Waals surface area contributed by atoms with Gasteiger partial charge in [0.05, 0.1) is 6.61 Å². The van der Waals surface area contributed by atoms with Crippen molar-refractivity contribution in [2.24, 2.45) is 5.92 Å². The Morgan fingerprint density at radius 2 is 0.793 bits per heavy atom. The van der Waals surface area contributed by atoms with Gasteiger partial charge >= 0.3 is 18.1 Å². The number of nitrogens with zero attached hydrogens (tertiary/aromatic N) is 2. The summed E-state index contributed by atoms with van der Waals surface area (Å²) in [5, 5.41) is 0. The third-order valence-electron chi connectivity index (χ3n) is 11.7. The average Bonchev–Trinajstić information content (AvgIpc) is 3.21. The molecule has 0 bridgehead atoms. The van der Waals surface area contributed by atoms with Gasteiger partial charge in [-0.25, -0.2) is 4.79 Å². The van der Waals surface area contributed by atoms with Gasteiger partial charge in [0.15, 0.2) is 0 Å². The van der Waals surface area contributed by atoms with E-state index in [-0.39, 0.29) is 24.6 Å². The Hall–Kier alpha value is -1.87. The van der Waals surface area contributed by atoms with Crippen LogP contribution in [0.5, 0.6) is 0 Å². The van der Waals surface area contributed by atoms with Crippen LogP contribution in [0.3, 0.4) is 0 Å². The van der Waals surface area contributed by atoms with E-state index in [2.05, 4.69) is 51.3 Å². The highest BCUT2D eigenvalue weighted by atomic mass is 16.7. The zero-order valence-electron chi connectivity index (χ0n) is 39.3. The third kappa shape index (κ3) is 37.2. The maximum Gasteiger partial charge on any atom is 0.508 e. The highest BCUT2D eigenvalue weighted by Crippen LogP contribution is 2.22. The van der Waals surface area contributed by atoms with Crippen molar-refractivity contribution in [2.75, 3.05) is 59.1 Å². The topological polar surface area (TPSA) is 94.6 Å². The Balaban J connectivity index is 4.56. The van der Waals surface area contributed by atoms with E-state index in [0.717, 1.165) is 110 Å². The number of ether oxygens (including phenoxy) is 4. The molecule has 344 valence electrons. The summed E-state index contributed by atoms with van der Waals surface area (Å²) in [7, 11) is 0. The van der Waals surface area contributed by atoms with Gasteiger partial charge in [0.25, 0.3) is 0 Å². The molecule has 0 fully saturated rings. The van der Waals surface area contributed by atoms with Crippen molar-refractivity contribution in [1.29, 1.82) is 0 Å². The van der Waals surface area contributed by atoms with Crippen molar-refractivity contribution >= 4 is 18.1 Å². The molecule has 0 heterocycles. The molecular formula is C49H96N2O7. The van der Waals surface area contributed by atoms with E-state index < -0.39 is 6.16 Å². The lowest BCUT2D eigenvalue weighted by atomic mass is 9.92. The van der Waals surface area contributed by atoms with Crippen molar-refractivity contribution in [2.45, 2.75) is 234 Å². The third-order valence-corrected chi connectivity index (χ3v) is 11.7. The second-order valence-electron chi connectivity index (χ2n) is 16.8. The van der Waals surface area contributed by atoms with E-state index in [1.165, 1.54) is 89.9 Å². The normalized spacial score (nSPS) is 12.1. The van der Waals surface area contributed by atoms with Gasteiger partial charge < -0.3 is 23.8 Å². The molecule has 0 spiro atoms. The predicted octanol–water partition coefficient (Wildman–Crippen LogP) is 13.2. The highest BCUT2D eigenvalue weighted by molar-refractivity contribution is 5.69. The lowest BCUT2D eigenvalue weighted by Crippen LogP contribution is -2.39. The van der Waals surface area contributed by atoms with Crippen LogP contribution >= 0.6 is 0 Å². The monoisotopic (exact) mass is 825 g/mol. The number of hydrogen-bond donors (Lipinski definition) is 0. The summed E-state index contributed by atoms with van der Waals surface area (Å²) in [6.45, 7) is 19.3. The molecule has 9 nitrogen and oxygen atoms in total. The van der Waals surface area contributed by atoms with Gasteiger partial charge in [-0.3, -0.25) is 14.5 Å². The van der Waals surface area contributed by atoms with Crippen LogP contribution in [0.15, 0.2) is 0 Å². The molecule has 0 N–H and O–H groups in total. The molecule has 0 rings (SSSR count). The summed E-state index contributed by atoms with van der Waals surface area (Å²) in [6.07, 6.45) is 31.0. The molecule has 9 heteroatoms. The SMILES string of the molecule is CCCCCCCCC(=O)OCCN(CCOC(=O)OC(CCCCCC)CCCCCCCCC(=O)OCCC(CCCCC)CCCCC)CCN(CC)CC. The van der Waals surface area contributed by atoms with E-state index in [1.54, 1.807) is 0 Å². The molecule has 0 aliphatic heterocycles. The van der Waals surface area contributed by atoms with Crippen molar-refractivity contribution in [1.82, 2.24) is 9.80 Å². The zero-order chi connectivity index (χ0) is 42.7. The molecule has 0 aromatic carbocycles. The van der Waals surface area contributed by atoms with Gasteiger partial charge in [0.2, 0.25) is 0 Å². The lowest BCUT2D eigenvalue weighted by molar-refractivity contribution is -0.145. The summed E-state index contributed by atoms with van der Waals surface area (Å²) in [4.78, 5) is 42.1. The number of hydrogen-bond acceptors (Lipinski definition) is 9. The smallest absolute Gasteiger partial charge is 0.466 e. The van der Waals surface area contributed by atoms with E-state index >= 15 is 0 Å². The van der Waals surface area contributed by atoms with Crippen LogP contribution in [-0.4, -0.2) is 93.1 Å². The molecule has 0 aliphatic rings.